The molecule has 3 aromatic rings. The SMILES string of the molecule is CSc1nc(C)c(CCC(=O)Nc2cc(F)ccc2Sc2nccn2C)c(=O)[nH]1. The van der Waals surface area contributed by atoms with Crippen LogP contribution in [0.1, 0.15) is 17.7 Å². The number of rotatable bonds is 7. The summed E-state index contributed by atoms with van der Waals surface area (Å²) in [6.45, 7) is 1.75. The van der Waals surface area contributed by atoms with Crippen molar-refractivity contribution in [2.45, 2.75) is 35.0 Å². The van der Waals surface area contributed by atoms with Gasteiger partial charge in [-0.2, -0.15) is 0 Å². The molecule has 0 unspecified atom stereocenters. The average molecular weight is 434 g/mol. The Morgan fingerprint density at radius 2 is 2.17 bits per heavy atom. The number of aromatic amines is 1. The topological polar surface area (TPSA) is 92.7 Å². The number of nitrogens with one attached hydrogen (secondary N) is 2. The summed E-state index contributed by atoms with van der Waals surface area (Å²) in [6.07, 6.45) is 5.62. The number of aryl methyl sites for hydroxylation is 2. The monoisotopic (exact) mass is 433 g/mol. The van der Waals surface area contributed by atoms with Gasteiger partial charge in [0, 0.05) is 42.0 Å². The molecule has 2 N–H and O–H groups in total. The first kappa shape index (κ1) is 21.1. The summed E-state index contributed by atoms with van der Waals surface area (Å²) >= 11 is 2.67. The van der Waals surface area contributed by atoms with Crippen LogP contribution in [0.3, 0.4) is 0 Å². The van der Waals surface area contributed by atoms with Crippen molar-refractivity contribution in [1.82, 2.24) is 19.5 Å². The first-order valence-electron chi connectivity index (χ1n) is 8.75. The van der Waals surface area contributed by atoms with Gasteiger partial charge in [-0.05, 0) is 49.6 Å². The number of aromatic nitrogens is 4. The van der Waals surface area contributed by atoms with Crippen molar-refractivity contribution in [2.75, 3.05) is 11.6 Å². The standard InChI is InChI=1S/C19H20FN5O2S2/c1-11-13(17(27)24-18(22-11)28-3)5-7-16(26)23-14-10-12(20)4-6-15(14)29-19-21-8-9-25(19)2/h4,6,8-10H,5,7H2,1-3H3,(H,23,26)(H,22,24,27). The number of halogens is 1. The molecule has 0 aliphatic rings. The van der Waals surface area contributed by atoms with Crippen LogP contribution in [0.2, 0.25) is 0 Å². The molecule has 10 heteroatoms. The van der Waals surface area contributed by atoms with Crippen LogP contribution in [0.4, 0.5) is 10.1 Å². The molecule has 1 aromatic carbocycles. The highest BCUT2D eigenvalue weighted by molar-refractivity contribution is 7.99. The lowest BCUT2D eigenvalue weighted by Gasteiger charge is -2.11. The van der Waals surface area contributed by atoms with Crippen LogP contribution in [0.5, 0.6) is 0 Å². The van der Waals surface area contributed by atoms with Crippen molar-refractivity contribution in [2.24, 2.45) is 7.05 Å². The molecule has 0 saturated heterocycles. The third kappa shape index (κ3) is 5.27. The van der Waals surface area contributed by atoms with Gasteiger partial charge in [0.15, 0.2) is 10.3 Å². The molecule has 3 rings (SSSR count). The van der Waals surface area contributed by atoms with Gasteiger partial charge in [-0.15, -0.1) is 0 Å². The molecular formula is C19H20FN5O2S2. The third-order valence-electron chi connectivity index (χ3n) is 4.19. The second kappa shape index (κ2) is 9.27. The minimum absolute atomic E-state index is 0.0766. The van der Waals surface area contributed by atoms with Gasteiger partial charge in [-0.25, -0.2) is 14.4 Å². The summed E-state index contributed by atoms with van der Waals surface area (Å²) in [4.78, 5) is 36.6. The van der Waals surface area contributed by atoms with E-state index in [2.05, 4.69) is 20.3 Å². The zero-order valence-electron chi connectivity index (χ0n) is 16.2. The maximum atomic E-state index is 13.7. The molecule has 0 saturated carbocycles. The molecule has 0 aliphatic carbocycles. The number of nitrogens with zero attached hydrogens (tertiary/aromatic N) is 3. The molecule has 0 radical (unpaired) electrons. The van der Waals surface area contributed by atoms with E-state index in [-0.39, 0.29) is 24.3 Å². The van der Waals surface area contributed by atoms with Crippen molar-refractivity contribution >= 4 is 35.1 Å². The maximum absolute atomic E-state index is 13.7. The summed E-state index contributed by atoms with van der Waals surface area (Å²) in [7, 11) is 1.85. The molecule has 0 fully saturated rings. The number of benzene rings is 1. The lowest BCUT2D eigenvalue weighted by molar-refractivity contribution is -0.116. The highest BCUT2D eigenvalue weighted by Crippen LogP contribution is 2.33. The zero-order chi connectivity index (χ0) is 21.0. The zero-order valence-corrected chi connectivity index (χ0v) is 17.8. The Kier molecular flexibility index (Phi) is 6.75. The van der Waals surface area contributed by atoms with Crippen molar-refractivity contribution in [1.29, 1.82) is 0 Å². The van der Waals surface area contributed by atoms with Crippen LogP contribution in [0.15, 0.2) is 50.6 Å². The van der Waals surface area contributed by atoms with Gasteiger partial charge in [0.25, 0.3) is 5.56 Å². The first-order chi connectivity index (χ1) is 13.9. The molecule has 29 heavy (non-hydrogen) atoms. The molecular weight excluding hydrogens is 413 g/mol. The molecule has 7 nitrogen and oxygen atoms in total. The Hall–Kier alpha value is -2.59. The Bertz CT molecular complexity index is 1100. The highest BCUT2D eigenvalue weighted by Gasteiger charge is 2.14. The quantitative estimate of drug-likeness (QED) is 0.438. The summed E-state index contributed by atoms with van der Waals surface area (Å²) in [5.74, 6) is -0.765. The van der Waals surface area contributed by atoms with Crippen LogP contribution in [-0.2, 0) is 18.3 Å². The minimum atomic E-state index is -0.450. The highest BCUT2D eigenvalue weighted by atomic mass is 32.2. The minimum Gasteiger partial charge on any atom is -0.329 e. The van der Waals surface area contributed by atoms with Gasteiger partial charge in [0.1, 0.15) is 5.82 Å². The number of hydrogen-bond acceptors (Lipinski definition) is 6. The molecule has 0 spiro atoms. The van der Waals surface area contributed by atoms with Crippen LogP contribution < -0.4 is 10.9 Å². The lowest BCUT2D eigenvalue weighted by atomic mass is 10.1. The van der Waals surface area contributed by atoms with Crippen LogP contribution in [0.25, 0.3) is 0 Å². The molecule has 152 valence electrons. The second-order valence-corrected chi connectivity index (χ2v) is 8.05. The van der Waals surface area contributed by atoms with Crippen LogP contribution >= 0.6 is 23.5 Å². The van der Waals surface area contributed by atoms with Gasteiger partial charge in [-0.1, -0.05) is 11.8 Å². The van der Waals surface area contributed by atoms with Crippen molar-refractivity contribution < 1.29 is 9.18 Å². The van der Waals surface area contributed by atoms with Gasteiger partial charge >= 0.3 is 0 Å². The van der Waals surface area contributed by atoms with E-state index in [4.69, 9.17) is 0 Å². The fourth-order valence-corrected chi connectivity index (χ4v) is 3.96. The van der Waals surface area contributed by atoms with Crippen molar-refractivity contribution in [3.63, 3.8) is 0 Å². The van der Waals surface area contributed by atoms with Crippen LogP contribution in [0, 0.1) is 12.7 Å². The Labute approximate surface area is 175 Å². The maximum Gasteiger partial charge on any atom is 0.254 e. The van der Waals surface area contributed by atoms with E-state index < -0.39 is 5.82 Å². The first-order valence-corrected chi connectivity index (χ1v) is 10.8. The normalized spacial score (nSPS) is 10.9. The Balaban J connectivity index is 1.72. The summed E-state index contributed by atoms with van der Waals surface area (Å²) in [6, 6.07) is 4.21. The van der Waals surface area contributed by atoms with E-state index in [0.29, 0.717) is 32.2 Å². The number of imidazole rings is 1. The number of anilines is 1. The molecule has 0 bridgehead atoms. The largest absolute Gasteiger partial charge is 0.329 e. The second-order valence-electron chi connectivity index (χ2n) is 6.25. The van der Waals surface area contributed by atoms with E-state index in [1.807, 2.05) is 17.9 Å². The molecule has 1 amide bonds. The Morgan fingerprint density at radius 1 is 1.38 bits per heavy atom. The van der Waals surface area contributed by atoms with E-state index in [1.165, 1.54) is 35.7 Å². The number of carbonyl (C=O) groups excluding carboxylic acids is 1. The molecule has 2 aromatic heterocycles. The Morgan fingerprint density at radius 3 is 2.83 bits per heavy atom. The predicted octanol–water partition coefficient (Wildman–Crippen LogP) is 3.40. The van der Waals surface area contributed by atoms with E-state index >= 15 is 0 Å². The van der Waals surface area contributed by atoms with Gasteiger partial charge in [0.05, 0.1) is 5.69 Å². The van der Waals surface area contributed by atoms with E-state index in [0.717, 1.165) is 0 Å². The third-order valence-corrected chi connectivity index (χ3v) is 5.92. The van der Waals surface area contributed by atoms with Crippen molar-refractivity contribution in [3.05, 3.63) is 58.0 Å². The van der Waals surface area contributed by atoms with E-state index in [9.17, 15) is 14.0 Å². The fraction of sp³-hybridized carbons (Fsp3) is 0.263. The number of hydrogen-bond donors (Lipinski definition) is 2. The van der Waals surface area contributed by atoms with Gasteiger partial charge in [-0.3, -0.25) is 9.59 Å². The summed E-state index contributed by atoms with van der Waals surface area (Å²) in [5, 5.41) is 4.00. The smallest absolute Gasteiger partial charge is 0.254 e. The van der Waals surface area contributed by atoms with Crippen LogP contribution in [-0.4, -0.2) is 31.7 Å². The summed E-state index contributed by atoms with van der Waals surface area (Å²) < 4.78 is 15.6. The van der Waals surface area contributed by atoms with Crippen molar-refractivity contribution in [3.8, 4) is 0 Å². The van der Waals surface area contributed by atoms with Gasteiger partial charge in [0.2, 0.25) is 5.91 Å². The number of thioether (sulfide) groups is 1. The average Bonchev–Trinajstić information content (AvgIpc) is 3.07. The van der Waals surface area contributed by atoms with Gasteiger partial charge < -0.3 is 14.9 Å². The molecule has 0 atom stereocenters. The fourth-order valence-electron chi connectivity index (χ4n) is 2.66. The number of H-pyrrole nitrogens is 1. The number of amides is 1. The van der Waals surface area contributed by atoms with E-state index in [1.54, 1.807) is 25.4 Å². The summed E-state index contributed by atoms with van der Waals surface area (Å²) in [5.41, 5.74) is 1.19. The lowest BCUT2D eigenvalue weighted by Crippen LogP contribution is -2.20. The number of carbonyl (C=O) groups is 1. The predicted molar refractivity (Wildman–Crippen MR) is 112 cm³/mol. The molecule has 2 heterocycles. The molecule has 0 aliphatic heterocycles.